The van der Waals surface area contributed by atoms with Gasteiger partial charge in [-0.05, 0) is 49.1 Å². The smallest absolute Gasteiger partial charge is 0.224 e. The fourth-order valence-electron chi connectivity index (χ4n) is 2.27. The van der Waals surface area contributed by atoms with E-state index < -0.39 is 0 Å². The van der Waals surface area contributed by atoms with Crippen LogP contribution in [0.15, 0.2) is 0 Å². The monoisotopic (exact) mass is 158 g/mol. The number of hydrogen-bond acceptors (Lipinski definition) is 1. The number of carbonyl (C=O) groups is 1. The molecule has 2 unspecified atom stereocenters. The Balaban J connectivity index is 1.98. The van der Waals surface area contributed by atoms with Crippen LogP contribution in [0.2, 0.25) is 0 Å². The normalized spacial score (nSPS) is 44.3. The Morgan fingerprint density at radius 1 is 1.20 bits per heavy atom. The Labute approximate surface area is 65.7 Å². The van der Waals surface area contributed by atoms with Gasteiger partial charge < -0.3 is 0 Å². The van der Waals surface area contributed by atoms with Crippen LogP contribution in [0.25, 0.3) is 0 Å². The maximum absolute atomic E-state index is 10.7. The zero-order valence-corrected chi connectivity index (χ0v) is 6.60. The molecular weight excluding hydrogens is 148 g/mol. The Morgan fingerprint density at radius 2 is 1.70 bits per heavy atom. The molecule has 0 bridgehead atoms. The van der Waals surface area contributed by atoms with Crippen molar-refractivity contribution in [3.05, 3.63) is 0 Å². The first-order chi connectivity index (χ1) is 4.77. The molecule has 2 aliphatic carbocycles. The van der Waals surface area contributed by atoms with Crippen molar-refractivity contribution in [1.82, 2.24) is 0 Å². The topological polar surface area (TPSA) is 17.1 Å². The zero-order valence-electron chi connectivity index (χ0n) is 5.85. The second-order valence-corrected chi connectivity index (χ2v) is 3.94. The second-order valence-electron chi connectivity index (χ2n) is 3.57. The molecule has 1 nitrogen and oxygen atoms in total. The minimum atomic E-state index is -0.102. The van der Waals surface area contributed by atoms with Crippen LogP contribution in [-0.4, -0.2) is 5.24 Å². The third kappa shape index (κ3) is 0.878. The van der Waals surface area contributed by atoms with Crippen molar-refractivity contribution in [1.29, 1.82) is 0 Å². The van der Waals surface area contributed by atoms with Gasteiger partial charge in [0.25, 0.3) is 0 Å². The minimum Gasteiger partial charge on any atom is -0.281 e. The first-order valence-corrected chi connectivity index (χ1v) is 4.34. The predicted octanol–water partition coefficient (Wildman–Crippen LogP) is 2.19. The summed E-state index contributed by atoms with van der Waals surface area (Å²) < 4.78 is 0. The summed E-state index contributed by atoms with van der Waals surface area (Å²) in [5, 5.41) is -0.102. The Kier molecular flexibility index (Phi) is 1.48. The molecular formula is C8H11ClO. The van der Waals surface area contributed by atoms with Crippen LogP contribution in [0.4, 0.5) is 0 Å². The molecule has 2 fully saturated rings. The summed E-state index contributed by atoms with van der Waals surface area (Å²) in [5.41, 5.74) is 0. The highest BCUT2D eigenvalue weighted by Gasteiger charge is 2.42. The van der Waals surface area contributed by atoms with Gasteiger partial charge in [0.05, 0.1) is 0 Å². The number of carbonyl (C=O) groups excluding carboxylic acids is 1. The molecule has 0 spiro atoms. The van der Waals surface area contributed by atoms with Crippen LogP contribution >= 0.6 is 11.6 Å². The molecule has 0 aliphatic heterocycles. The summed E-state index contributed by atoms with van der Waals surface area (Å²) in [5.74, 6) is 1.92. The third-order valence-electron chi connectivity index (χ3n) is 3.07. The van der Waals surface area contributed by atoms with E-state index in [1.54, 1.807) is 0 Å². The van der Waals surface area contributed by atoms with E-state index in [0.29, 0.717) is 0 Å². The lowest BCUT2D eigenvalue weighted by Crippen LogP contribution is -2.18. The number of fused-ring (bicyclic) bond motifs is 1. The van der Waals surface area contributed by atoms with Gasteiger partial charge in [-0.3, -0.25) is 4.79 Å². The largest absolute Gasteiger partial charge is 0.281 e. The SMILES string of the molecule is O=C(Cl)C1CC2CCC2C1. The average Bonchev–Trinajstić information content (AvgIpc) is 2.09. The van der Waals surface area contributed by atoms with Gasteiger partial charge in [0, 0.05) is 5.92 Å². The van der Waals surface area contributed by atoms with Crippen LogP contribution < -0.4 is 0 Å². The zero-order chi connectivity index (χ0) is 7.14. The van der Waals surface area contributed by atoms with Crippen molar-refractivity contribution in [3.63, 3.8) is 0 Å². The standard InChI is InChI=1S/C8H11ClO/c9-8(10)7-3-5-1-2-6(5)4-7/h5-7H,1-4H2. The highest BCUT2D eigenvalue weighted by atomic mass is 35.5. The van der Waals surface area contributed by atoms with Crippen molar-refractivity contribution >= 4 is 16.8 Å². The van der Waals surface area contributed by atoms with E-state index in [1.807, 2.05) is 0 Å². The van der Waals surface area contributed by atoms with Crippen LogP contribution in [0.1, 0.15) is 25.7 Å². The maximum atomic E-state index is 10.7. The summed E-state index contributed by atoms with van der Waals surface area (Å²) in [6.07, 6.45) is 4.83. The molecule has 2 aliphatic rings. The van der Waals surface area contributed by atoms with Crippen molar-refractivity contribution in [2.45, 2.75) is 25.7 Å². The number of rotatable bonds is 1. The lowest BCUT2D eigenvalue weighted by atomic mass is 9.77. The van der Waals surface area contributed by atoms with Crippen LogP contribution in [0.3, 0.4) is 0 Å². The number of hydrogen-bond donors (Lipinski definition) is 0. The Hall–Kier alpha value is -0.0400. The van der Waals surface area contributed by atoms with Gasteiger partial charge in [-0.25, -0.2) is 0 Å². The highest BCUT2D eigenvalue weighted by molar-refractivity contribution is 6.64. The first-order valence-electron chi connectivity index (χ1n) is 3.96. The van der Waals surface area contributed by atoms with E-state index >= 15 is 0 Å². The van der Waals surface area contributed by atoms with E-state index in [2.05, 4.69) is 0 Å². The fourth-order valence-corrected chi connectivity index (χ4v) is 2.45. The Bertz CT molecular complexity index is 155. The first kappa shape index (κ1) is 6.66. The van der Waals surface area contributed by atoms with Gasteiger partial charge in [0.15, 0.2) is 0 Å². The van der Waals surface area contributed by atoms with Crippen molar-refractivity contribution in [2.75, 3.05) is 0 Å². The molecule has 2 atom stereocenters. The quantitative estimate of drug-likeness (QED) is 0.535. The molecule has 0 saturated heterocycles. The lowest BCUT2D eigenvalue weighted by Gasteiger charge is -2.29. The third-order valence-corrected chi connectivity index (χ3v) is 3.38. The predicted molar refractivity (Wildman–Crippen MR) is 39.8 cm³/mol. The van der Waals surface area contributed by atoms with Crippen LogP contribution in [0, 0.1) is 17.8 Å². The van der Waals surface area contributed by atoms with Crippen LogP contribution in [0.5, 0.6) is 0 Å². The molecule has 0 N–H and O–H groups in total. The van der Waals surface area contributed by atoms with Gasteiger partial charge in [-0.1, -0.05) is 0 Å². The van der Waals surface area contributed by atoms with E-state index in [9.17, 15) is 4.79 Å². The molecule has 2 heteroatoms. The summed E-state index contributed by atoms with van der Waals surface area (Å²) in [7, 11) is 0. The molecule has 0 aromatic carbocycles. The second kappa shape index (κ2) is 2.23. The molecule has 0 radical (unpaired) electrons. The molecule has 56 valence electrons. The van der Waals surface area contributed by atoms with E-state index in [-0.39, 0.29) is 11.2 Å². The molecule has 0 heterocycles. The maximum Gasteiger partial charge on any atom is 0.224 e. The minimum absolute atomic E-state index is 0.102. The van der Waals surface area contributed by atoms with Gasteiger partial charge in [-0.2, -0.15) is 0 Å². The lowest BCUT2D eigenvalue weighted by molar-refractivity contribution is -0.115. The van der Waals surface area contributed by atoms with Crippen molar-refractivity contribution in [2.24, 2.45) is 17.8 Å². The Morgan fingerprint density at radius 3 is 2.00 bits per heavy atom. The molecule has 10 heavy (non-hydrogen) atoms. The van der Waals surface area contributed by atoms with Gasteiger partial charge >= 0.3 is 0 Å². The average molecular weight is 159 g/mol. The molecule has 0 amide bonds. The van der Waals surface area contributed by atoms with Gasteiger partial charge in [0.1, 0.15) is 0 Å². The number of halogens is 1. The summed E-state index contributed by atoms with van der Waals surface area (Å²) in [6, 6.07) is 0. The summed E-state index contributed by atoms with van der Waals surface area (Å²) in [4.78, 5) is 10.7. The molecule has 2 saturated carbocycles. The highest BCUT2D eigenvalue weighted by Crippen LogP contribution is 2.49. The van der Waals surface area contributed by atoms with Gasteiger partial charge in [-0.15, -0.1) is 0 Å². The van der Waals surface area contributed by atoms with Crippen molar-refractivity contribution < 1.29 is 4.79 Å². The van der Waals surface area contributed by atoms with E-state index in [1.165, 1.54) is 12.8 Å². The van der Waals surface area contributed by atoms with Crippen LogP contribution in [-0.2, 0) is 4.79 Å². The molecule has 0 aromatic rings. The molecule has 2 rings (SSSR count). The van der Waals surface area contributed by atoms with Gasteiger partial charge in [0.2, 0.25) is 5.24 Å². The summed E-state index contributed by atoms with van der Waals surface area (Å²) in [6.45, 7) is 0. The van der Waals surface area contributed by atoms with E-state index in [4.69, 9.17) is 11.6 Å². The molecule has 0 aromatic heterocycles. The summed E-state index contributed by atoms with van der Waals surface area (Å²) >= 11 is 5.40. The fraction of sp³-hybridized carbons (Fsp3) is 0.875. The van der Waals surface area contributed by atoms with E-state index in [0.717, 1.165) is 24.7 Å². The van der Waals surface area contributed by atoms with Crippen molar-refractivity contribution in [3.8, 4) is 0 Å².